The Morgan fingerprint density at radius 3 is 2.32 bits per heavy atom. The van der Waals surface area contributed by atoms with E-state index in [1.165, 1.54) is 29.0 Å². The SMILES string of the molecule is O=C(CCCSc1ccc(F)cc1)Nc1nc(-c2ccc(-c3ccccc3)cc2)cs1. The fourth-order valence-electron chi connectivity index (χ4n) is 3.06. The van der Waals surface area contributed by atoms with Crippen molar-refractivity contribution in [2.75, 3.05) is 11.1 Å². The Hall–Kier alpha value is -2.96. The van der Waals surface area contributed by atoms with Gasteiger partial charge in [-0.2, -0.15) is 0 Å². The third-order valence-electron chi connectivity index (χ3n) is 4.67. The van der Waals surface area contributed by atoms with Crippen LogP contribution in [0.1, 0.15) is 12.8 Å². The highest BCUT2D eigenvalue weighted by molar-refractivity contribution is 7.99. The lowest BCUT2D eigenvalue weighted by Crippen LogP contribution is -2.11. The van der Waals surface area contributed by atoms with Crippen LogP contribution in [0.15, 0.2) is 89.1 Å². The molecule has 0 atom stereocenters. The minimum atomic E-state index is -0.237. The molecule has 31 heavy (non-hydrogen) atoms. The van der Waals surface area contributed by atoms with Gasteiger partial charge in [-0.25, -0.2) is 9.37 Å². The Morgan fingerprint density at radius 1 is 0.903 bits per heavy atom. The Morgan fingerprint density at radius 2 is 1.58 bits per heavy atom. The maximum atomic E-state index is 12.9. The van der Waals surface area contributed by atoms with Gasteiger partial charge in [0.15, 0.2) is 5.13 Å². The number of halogens is 1. The van der Waals surface area contributed by atoms with Gasteiger partial charge in [0.1, 0.15) is 5.82 Å². The summed E-state index contributed by atoms with van der Waals surface area (Å²) in [6, 6.07) is 24.9. The minimum absolute atomic E-state index is 0.0416. The minimum Gasteiger partial charge on any atom is -0.302 e. The van der Waals surface area contributed by atoms with E-state index < -0.39 is 0 Å². The lowest BCUT2D eigenvalue weighted by atomic mass is 10.0. The van der Waals surface area contributed by atoms with Crippen LogP contribution >= 0.6 is 23.1 Å². The molecule has 3 nitrogen and oxygen atoms in total. The van der Waals surface area contributed by atoms with Gasteiger partial charge in [0, 0.05) is 22.3 Å². The van der Waals surface area contributed by atoms with E-state index in [4.69, 9.17) is 0 Å². The van der Waals surface area contributed by atoms with Gasteiger partial charge in [-0.05, 0) is 47.6 Å². The molecule has 0 bridgehead atoms. The summed E-state index contributed by atoms with van der Waals surface area (Å²) in [7, 11) is 0. The first-order chi connectivity index (χ1) is 15.2. The Bertz CT molecular complexity index is 1130. The van der Waals surface area contributed by atoms with Crippen molar-refractivity contribution in [2.45, 2.75) is 17.7 Å². The molecule has 4 rings (SSSR count). The number of nitrogens with zero attached hydrogens (tertiary/aromatic N) is 1. The van der Waals surface area contributed by atoms with Crippen molar-refractivity contribution in [1.82, 2.24) is 4.98 Å². The lowest BCUT2D eigenvalue weighted by molar-refractivity contribution is -0.116. The molecular weight excluding hydrogens is 427 g/mol. The molecule has 0 spiro atoms. The zero-order valence-corrected chi connectivity index (χ0v) is 18.4. The quantitative estimate of drug-likeness (QED) is 0.230. The average molecular weight is 449 g/mol. The van der Waals surface area contributed by atoms with Crippen LogP contribution in [-0.4, -0.2) is 16.6 Å². The Balaban J connectivity index is 1.26. The summed E-state index contributed by atoms with van der Waals surface area (Å²) in [5.41, 5.74) is 4.21. The van der Waals surface area contributed by atoms with Crippen molar-refractivity contribution < 1.29 is 9.18 Å². The van der Waals surface area contributed by atoms with Gasteiger partial charge < -0.3 is 5.32 Å². The molecule has 1 heterocycles. The van der Waals surface area contributed by atoms with Gasteiger partial charge in [-0.3, -0.25) is 4.79 Å². The fraction of sp³-hybridized carbons (Fsp3) is 0.120. The first kappa shape index (κ1) is 21.3. The third-order valence-corrected chi connectivity index (χ3v) is 6.52. The Kier molecular flexibility index (Phi) is 7.12. The standard InChI is InChI=1S/C25H21FN2OS2/c26-21-12-14-22(15-13-21)30-16-4-7-24(29)28-25-27-23(17-31-25)20-10-8-19(9-11-20)18-5-2-1-3-6-18/h1-3,5-6,8-15,17H,4,7,16H2,(H,27,28,29). The number of hydrogen-bond acceptors (Lipinski definition) is 4. The smallest absolute Gasteiger partial charge is 0.226 e. The van der Waals surface area contributed by atoms with Crippen molar-refractivity contribution in [3.63, 3.8) is 0 Å². The molecule has 1 N–H and O–H groups in total. The monoisotopic (exact) mass is 448 g/mol. The summed E-state index contributed by atoms with van der Waals surface area (Å²) in [5.74, 6) is 0.523. The van der Waals surface area contributed by atoms with Gasteiger partial charge in [-0.1, -0.05) is 54.6 Å². The molecule has 0 saturated heterocycles. The van der Waals surface area contributed by atoms with Crippen LogP contribution in [0.4, 0.5) is 9.52 Å². The highest BCUT2D eigenvalue weighted by Crippen LogP contribution is 2.28. The van der Waals surface area contributed by atoms with Crippen LogP contribution in [0.25, 0.3) is 22.4 Å². The maximum Gasteiger partial charge on any atom is 0.226 e. The van der Waals surface area contributed by atoms with E-state index in [0.29, 0.717) is 11.6 Å². The largest absolute Gasteiger partial charge is 0.302 e. The highest BCUT2D eigenvalue weighted by Gasteiger charge is 2.09. The first-order valence-electron chi connectivity index (χ1n) is 9.97. The number of amides is 1. The molecule has 0 fully saturated rings. The molecule has 0 unspecified atom stereocenters. The second kappa shape index (κ2) is 10.4. The van der Waals surface area contributed by atoms with E-state index in [-0.39, 0.29) is 11.7 Å². The summed E-state index contributed by atoms with van der Waals surface area (Å²) >= 11 is 3.05. The van der Waals surface area contributed by atoms with E-state index in [2.05, 4.69) is 46.7 Å². The number of hydrogen-bond donors (Lipinski definition) is 1. The molecule has 1 amide bonds. The maximum absolute atomic E-state index is 12.9. The molecule has 0 aliphatic rings. The van der Waals surface area contributed by atoms with Crippen LogP contribution in [-0.2, 0) is 4.79 Å². The summed E-state index contributed by atoms with van der Waals surface area (Å²) in [4.78, 5) is 17.8. The molecule has 3 aromatic carbocycles. The molecular formula is C25H21FN2OS2. The van der Waals surface area contributed by atoms with Crippen molar-refractivity contribution in [2.24, 2.45) is 0 Å². The number of rotatable bonds is 8. The van der Waals surface area contributed by atoms with E-state index in [9.17, 15) is 9.18 Å². The van der Waals surface area contributed by atoms with Crippen LogP contribution < -0.4 is 5.32 Å². The molecule has 0 saturated carbocycles. The van der Waals surface area contributed by atoms with E-state index in [1.54, 1.807) is 23.9 Å². The predicted octanol–water partition coefficient (Wildman–Crippen LogP) is 7.13. The number of thioether (sulfide) groups is 1. The first-order valence-corrected chi connectivity index (χ1v) is 11.8. The van der Waals surface area contributed by atoms with E-state index >= 15 is 0 Å². The third kappa shape index (κ3) is 6.03. The summed E-state index contributed by atoms with van der Waals surface area (Å²) in [6.07, 6.45) is 1.17. The zero-order chi connectivity index (χ0) is 21.5. The number of aromatic nitrogens is 1. The molecule has 0 aliphatic heterocycles. The predicted molar refractivity (Wildman–Crippen MR) is 128 cm³/mol. The van der Waals surface area contributed by atoms with Gasteiger partial charge in [0.2, 0.25) is 5.91 Å². The topological polar surface area (TPSA) is 42.0 Å². The zero-order valence-electron chi connectivity index (χ0n) is 16.8. The number of benzene rings is 3. The van der Waals surface area contributed by atoms with Crippen LogP contribution in [0.5, 0.6) is 0 Å². The highest BCUT2D eigenvalue weighted by atomic mass is 32.2. The van der Waals surface area contributed by atoms with Gasteiger partial charge in [-0.15, -0.1) is 23.1 Å². The molecule has 4 aromatic rings. The van der Waals surface area contributed by atoms with Gasteiger partial charge >= 0.3 is 0 Å². The van der Waals surface area contributed by atoms with Crippen LogP contribution in [0, 0.1) is 5.82 Å². The fourth-order valence-corrected chi connectivity index (χ4v) is 4.65. The number of carbonyl (C=O) groups excluding carboxylic acids is 1. The second-order valence-electron chi connectivity index (χ2n) is 6.94. The molecule has 1 aromatic heterocycles. The van der Waals surface area contributed by atoms with Crippen LogP contribution in [0.2, 0.25) is 0 Å². The lowest BCUT2D eigenvalue weighted by Gasteiger charge is -2.03. The van der Waals surface area contributed by atoms with Crippen molar-refractivity contribution in [3.05, 3.63) is 90.1 Å². The van der Waals surface area contributed by atoms with E-state index in [0.717, 1.165) is 33.9 Å². The van der Waals surface area contributed by atoms with Crippen molar-refractivity contribution in [3.8, 4) is 22.4 Å². The summed E-state index contributed by atoms with van der Waals surface area (Å²) in [6.45, 7) is 0. The van der Waals surface area contributed by atoms with Crippen molar-refractivity contribution in [1.29, 1.82) is 0 Å². The number of anilines is 1. The second-order valence-corrected chi connectivity index (χ2v) is 8.96. The number of thiazole rings is 1. The Labute approximate surface area is 189 Å². The number of carbonyl (C=O) groups is 1. The summed E-state index contributed by atoms with van der Waals surface area (Å²) in [5, 5.41) is 5.45. The number of nitrogens with one attached hydrogen (secondary N) is 1. The van der Waals surface area contributed by atoms with Crippen LogP contribution in [0.3, 0.4) is 0 Å². The molecule has 0 radical (unpaired) electrons. The summed E-state index contributed by atoms with van der Waals surface area (Å²) < 4.78 is 12.9. The van der Waals surface area contributed by atoms with Crippen molar-refractivity contribution >= 4 is 34.1 Å². The average Bonchev–Trinajstić information content (AvgIpc) is 3.27. The molecule has 6 heteroatoms. The van der Waals surface area contributed by atoms with Gasteiger partial charge in [0.25, 0.3) is 0 Å². The molecule has 156 valence electrons. The van der Waals surface area contributed by atoms with E-state index in [1.807, 2.05) is 23.6 Å². The molecule has 0 aliphatic carbocycles. The normalized spacial score (nSPS) is 10.7. The van der Waals surface area contributed by atoms with Gasteiger partial charge in [0.05, 0.1) is 5.69 Å².